The Balaban J connectivity index is 1.67. The van der Waals surface area contributed by atoms with Crippen LogP contribution in [0.5, 0.6) is 5.75 Å². The van der Waals surface area contributed by atoms with E-state index in [1.807, 2.05) is 67.2 Å². The van der Waals surface area contributed by atoms with Gasteiger partial charge in [0.1, 0.15) is 23.3 Å². The van der Waals surface area contributed by atoms with Gasteiger partial charge in [0, 0.05) is 30.3 Å². The van der Waals surface area contributed by atoms with Gasteiger partial charge >= 0.3 is 0 Å². The van der Waals surface area contributed by atoms with Gasteiger partial charge in [-0.25, -0.2) is 4.98 Å². The van der Waals surface area contributed by atoms with Crippen molar-refractivity contribution in [2.24, 2.45) is 7.05 Å². The predicted molar refractivity (Wildman–Crippen MR) is 109 cm³/mol. The van der Waals surface area contributed by atoms with Gasteiger partial charge in [-0.2, -0.15) is 0 Å². The van der Waals surface area contributed by atoms with E-state index in [-0.39, 0.29) is 11.9 Å². The van der Waals surface area contributed by atoms with Crippen LogP contribution in [-0.2, 0) is 7.05 Å². The Morgan fingerprint density at radius 2 is 1.96 bits per heavy atom. The average Bonchev–Trinajstić information content (AvgIpc) is 3.32. The Morgan fingerprint density at radius 1 is 1.18 bits per heavy atom. The van der Waals surface area contributed by atoms with Gasteiger partial charge in [-0.1, -0.05) is 23.8 Å². The number of fused-ring (bicyclic) bond motifs is 1. The van der Waals surface area contributed by atoms with Crippen LogP contribution in [0.4, 0.5) is 0 Å². The number of aromatic amines is 1. The van der Waals surface area contributed by atoms with Crippen LogP contribution < -0.4 is 10.1 Å². The van der Waals surface area contributed by atoms with E-state index in [0.29, 0.717) is 5.69 Å². The second-order valence-electron chi connectivity index (χ2n) is 6.85. The highest BCUT2D eigenvalue weighted by Crippen LogP contribution is 2.24. The average molecular weight is 374 g/mol. The number of hydrogen-bond acceptors (Lipinski definition) is 3. The van der Waals surface area contributed by atoms with Crippen molar-refractivity contribution in [1.82, 2.24) is 19.9 Å². The lowest BCUT2D eigenvalue weighted by Crippen LogP contribution is -2.31. The molecule has 28 heavy (non-hydrogen) atoms. The summed E-state index contributed by atoms with van der Waals surface area (Å²) in [6, 6.07) is 15.2. The van der Waals surface area contributed by atoms with Gasteiger partial charge in [0.15, 0.2) is 0 Å². The molecule has 2 aromatic carbocycles. The largest absolute Gasteiger partial charge is 0.497 e. The number of aryl methyl sites for hydroxylation is 2. The molecule has 4 rings (SSSR count). The third-order valence-electron chi connectivity index (χ3n) is 4.86. The molecule has 0 unspecified atom stereocenters. The van der Waals surface area contributed by atoms with Gasteiger partial charge in [0.05, 0.1) is 7.11 Å². The summed E-state index contributed by atoms with van der Waals surface area (Å²) in [4.78, 5) is 20.6. The van der Waals surface area contributed by atoms with Crippen LogP contribution >= 0.6 is 0 Å². The molecule has 6 nitrogen and oxygen atoms in total. The SMILES string of the molecule is COc1ccc([C@@H](NC(=O)c2cc3cc(C)ccc3[nH]2)c2nccn2C)cc1. The smallest absolute Gasteiger partial charge is 0.268 e. The zero-order chi connectivity index (χ0) is 19.7. The lowest BCUT2D eigenvalue weighted by atomic mass is 10.1. The Bertz CT molecular complexity index is 1130. The van der Waals surface area contributed by atoms with Crippen LogP contribution in [0.3, 0.4) is 0 Å². The number of H-pyrrole nitrogens is 1. The highest BCUT2D eigenvalue weighted by atomic mass is 16.5. The third kappa shape index (κ3) is 3.36. The lowest BCUT2D eigenvalue weighted by molar-refractivity contribution is 0.0937. The van der Waals surface area contributed by atoms with Gasteiger partial charge in [0.25, 0.3) is 5.91 Å². The Labute approximate surface area is 163 Å². The number of carbonyl (C=O) groups excluding carboxylic acids is 1. The summed E-state index contributed by atoms with van der Waals surface area (Å²) < 4.78 is 7.15. The quantitative estimate of drug-likeness (QED) is 0.559. The van der Waals surface area contributed by atoms with Gasteiger partial charge in [-0.3, -0.25) is 4.79 Å². The number of carbonyl (C=O) groups is 1. The first-order valence-corrected chi connectivity index (χ1v) is 9.06. The van der Waals surface area contributed by atoms with Crippen molar-refractivity contribution in [3.63, 3.8) is 0 Å². The number of amides is 1. The van der Waals surface area contributed by atoms with Crippen LogP contribution in [0.1, 0.15) is 33.5 Å². The molecule has 4 aromatic rings. The van der Waals surface area contributed by atoms with Crippen molar-refractivity contribution in [1.29, 1.82) is 0 Å². The fraction of sp³-hybridized carbons (Fsp3) is 0.182. The van der Waals surface area contributed by atoms with Crippen molar-refractivity contribution >= 4 is 16.8 Å². The molecule has 1 amide bonds. The number of hydrogen-bond donors (Lipinski definition) is 2. The molecule has 0 aliphatic rings. The Morgan fingerprint density at radius 3 is 2.64 bits per heavy atom. The van der Waals surface area contributed by atoms with Gasteiger partial charge < -0.3 is 19.6 Å². The molecule has 2 aromatic heterocycles. The Hall–Kier alpha value is -3.54. The molecule has 2 heterocycles. The number of nitrogens with one attached hydrogen (secondary N) is 2. The topological polar surface area (TPSA) is 71.9 Å². The normalized spacial score (nSPS) is 12.1. The first-order chi connectivity index (χ1) is 13.5. The fourth-order valence-electron chi connectivity index (χ4n) is 3.33. The van der Waals surface area contributed by atoms with E-state index in [4.69, 9.17) is 4.74 Å². The fourth-order valence-corrected chi connectivity index (χ4v) is 3.33. The number of benzene rings is 2. The summed E-state index contributed by atoms with van der Waals surface area (Å²) in [5.41, 5.74) is 3.54. The number of nitrogens with zero attached hydrogens (tertiary/aromatic N) is 2. The maximum atomic E-state index is 13.0. The van der Waals surface area contributed by atoms with E-state index in [9.17, 15) is 4.79 Å². The number of rotatable bonds is 5. The van der Waals surface area contributed by atoms with Crippen molar-refractivity contribution in [3.8, 4) is 5.75 Å². The summed E-state index contributed by atoms with van der Waals surface area (Å²) in [6.45, 7) is 2.03. The van der Waals surface area contributed by atoms with Crippen LogP contribution in [0.25, 0.3) is 10.9 Å². The second-order valence-corrected chi connectivity index (χ2v) is 6.85. The van der Waals surface area contributed by atoms with E-state index in [1.54, 1.807) is 13.3 Å². The molecule has 0 spiro atoms. The van der Waals surface area contributed by atoms with Crippen molar-refractivity contribution in [3.05, 3.63) is 83.6 Å². The molecule has 0 bridgehead atoms. The minimum absolute atomic E-state index is 0.183. The van der Waals surface area contributed by atoms with Crippen LogP contribution in [0.2, 0.25) is 0 Å². The lowest BCUT2D eigenvalue weighted by Gasteiger charge is -2.19. The maximum absolute atomic E-state index is 13.0. The van der Waals surface area contributed by atoms with E-state index in [1.165, 1.54) is 0 Å². The summed E-state index contributed by atoms with van der Waals surface area (Å²) >= 11 is 0. The molecule has 0 saturated carbocycles. The van der Waals surface area contributed by atoms with Crippen LogP contribution in [0, 0.1) is 6.92 Å². The number of imidazole rings is 1. The standard InChI is InChI=1S/C22H22N4O2/c1-14-4-9-18-16(12-14)13-19(24-18)22(27)25-20(21-23-10-11-26(21)2)15-5-7-17(28-3)8-6-15/h4-13,20,24H,1-3H3,(H,25,27)/t20-/m1/s1. The monoisotopic (exact) mass is 374 g/mol. The number of aromatic nitrogens is 3. The van der Waals surface area contributed by atoms with Gasteiger partial charge in [0.2, 0.25) is 0 Å². The Kier molecular flexibility index (Phi) is 4.61. The summed E-state index contributed by atoms with van der Waals surface area (Å²) in [5.74, 6) is 1.34. The van der Waals surface area contributed by atoms with Crippen LogP contribution in [-0.4, -0.2) is 27.6 Å². The predicted octanol–water partition coefficient (Wildman–Crippen LogP) is 3.74. The van der Waals surface area contributed by atoms with Crippen molar-refractivity contribution < 1.29 is 9.53 Å². The highest BCUT2D eigenvalue weighted by Gasteiger charge is 2.22. The highest BCUT2D eigenvalue weighted by molar-refractivity contribution is 5.98. The molecule has 142 valence electrons. The van der Waals surface area contributed by atoms with Crippen molar-refractivity contribution in [2.75, 3.05) is 7.11 Å². The third-order valence-corrected chi connectivity index (χ3v) is 4.86. The van der Waals surface area contributed by atoms with E-state index in [0.717, 1.165) is 33.6 Å². The minimum atomic E-state index is -0.383. The van der Waals surface area contributed by atoms with E-state index in [2.05, 4.69) is 21.4 Å². The summed E-state index contributed by atoms with van der Waals surface area (Å²) in [6.07, 6.45) is 3.59. The first-order valence-electron chi connectivity index (χ1n) is 9.06. The molecule has 1 atom stereocenters. The summed E-state index contributed by atoms with van der Waals surface area (Å²) in [7, 11) is 3.54. The molecule has 0 aliphatic heterocycles. The number of methoxy groups -OCH3 is 1. The van der Waals surface area contributed by atoms with E-state index < -0.39 is 0 Å². The number of ether oxygens (including phenoxy) is 1. The molecule has 0 fully saturated rings. The van der Waals surface area contributed by atoms with Gasteiger partial charge in [-0.05, 0) is 42.8 Å². The zero-order valence-electron chi connectivity index (χ0n) is 16.1. The molecule has 0 saturated heterocycles. The maximum Gasteiger partial charge on any atom is 0.268 e. The minimum Gasteiger partial charge on any atom is -0.497 e. The molecule has 0 radical (unpaired) electrons. The van der Waals surface area contributed by atoms with Gasteiger partial charge in [-0.15, -0.1) is 0 Å². The van der Waals surface area contributed by atoms with Crippen molar-refractivity contribution in [2.45, 2.75) is 13.0 Å². The second kappa shape index (κ2) is 7.23. The molecule has 6 heteroatoms. The van der Waals surface area contributed by atoms with Crippen LogP contribution in [0.15, 0.2) is 60.9 Å². The molecule has 0 aliphatic carbocycles. The van der Waals surface area contributed by atoms with E-state index >= 15 is 0 Å². The zero-order valence-corrected chi connectivity index (χ0v) is 16.1. The molecular formula is C22H22N4O2. The molecular weight excluding hydrogens is 352 g/mol. The first kappa shape index (κ1) is 17.9. The summed E-state index contributed by atoms with van der Waals surface area (Å²) in [5, 5.41) is 4.13. The molecule has 2 N–H and O–H groups in total.